The summed E-state index contributed by atoms with van der Waals surface area (Å²) in [5.74, 6) is 0.280. The lowest BCUT2D eigenvalue weighted by Crippen LogP contribution is -2.53. The van der Waals surface area contributed by atoms with Crippen molar-refractivity contribution in [1.82, 2.24) is 20.2 Å². The molecule has 1 aliphatic rings. The van der Waals surface area contributed by atoms with Crippen molar-refractivity contribution in [2.24, 2.45) is 0 Å². The van der Waals surface area contributed by atoms with E-state index in [2.05, 4.69) is 15.3 Å². The second-order valence-corrected chi connectivity index (χ2v) is 6.30. The summed E-state index contributed by atoms with van der Waals surface area (Å²) in [6, 6.07) is 8.87. The number of aromatic nitrogens is 2. The van der Waals surface area contributed by atoms with Crippen LogP contribution in [0.3, 0.4) is 0 Å². The van der Waals surface area contributed by atoms with E-state index in [1.165, 1.54) is 0 Å². The Labute approximate surface area is 158 Å². The molecule has 1 aromatic heterocycles. The normalized spacial score (nSPS) is 15.2. The molecule has 1 N–H and O–H groups in total. The van der Waals surface area contributed by atoms with E-state index in [-0.39, 0.29) is 6.04 Å². The molecule has 2 amide bonds. The summed E-state index contributed by atoms with van der Waals surface area (Å²) in [5, 5.41) is 2.76. The van der Waals surface area contributed by atoms with E-state index < -0.39 is 11.8 Å². The minimum atomic E-state index is -0.595. The number of hydrogen-bond acceptors (Lipinski definition) is 6. The Hall–Kier alpha value is -3.16. The van der Waals surface area contributed by atoms with Gasteiger partial charge < -0.3 is 19.9 Å². The van der Waals surface area contributed by atoms with Crippen LogP contribution < -0.4 is 15.0 Å². The fraction of sp³-hybridized carbons (Fsp3) is 0.368. The minimum Gasteiger partial charge on any atom is -0.497 e. The lowest BCUT2D eigenvalue weighted by molar-refractivity contribution is -0.146. The van der Waals surface area contributed by atoms with Crippen molar-refractivity contribution < 1.29 is 14.3 Å². The Morgan fingerprint density at radius 1 is 1.07 bits per heavy atom. The lowest BCUT2D eigenvalue weighted by atomic mass is 10.1. The molecule has 8 heteroatoms. The van der Waals surface area contributed by atoms with Crippen molar-refractivity contribution in [1.29, 1.82) is 0 Å². The molecule has 1 aromatic carbocycles. The van der Waals surface area contributed by atoms with Gasteiger partial charge >= 0.3 is 11.8 Å². The second kappa shape index (κ2) is 8.48. The molecule has 3 rings (SSSR count). The standard InChI is InChI=1S/C19H23N5O3/c1-14(15-4-6-16(27-2)7-5-15)22-17(25)18(26)23-10-12-24(13-11-23)19-20-8-3-9-21-19/h3-9,14H,10-13H2,1-2H3,(H,22,25). The van der Waals surface area contributed by atoms with Crippen LogP contribution in [-0.4, -0.2) is 60.0 Å². The van der Waals surface area contributed by atoms with Gasteiger partial charge in [0.15, 0.2) is 0 Å². The maximum absolute atomic E-state index is 12.5. The van der Waals surface area contributed by atoms with E-state index >= 15 is 0 Å². The minimum absolute atomic E-state index is 0.272. The summed E-state index contributed by atoms with van der Waals surface area (Å²) >= 11 is 0. The zero-order valence-electron chi connectivity index (χ0n) is 15.5. The van der Waals surface area contributed by atoms with Crippen LogP contribution in [0.1, 0.15) is 18.5 Å². The fourth-order valence-electron chi connectivity index (χ4n) is 2.94. The number of hydrogen-bond donors (Lipinski definition) is 1. The van der Waals surface area contributed by atoms with Crippen molar-refractivity contribution in [2.75, 3.05) is 38.2 Å². The highest BCUT2D eigenvalue weighted by Gasteiger charge is 2.27. The van der Waals surface area contributed by atoms with Gasteiger partial charge in [0.05, 0.1) is 13.2 Å². The van der Waals surface area contributed by atoms with Gasteiger partial charge in [-0.2, -0.15) is 0 Å². The first-order chi connectivity index (χ1) is 13.1. The van der Waals surface area contributed by atoms with Gasteiger partial charge in [-0.3, -0.25) is 9.59 Å². The SMILES string of the molecule is COc1ccc(C(C)NC(=O)C(=O)N2CCN(c3ncccn3)CC2)cc1. The van der Waals surface area contributed by atoms with Gasteiger partial charge in [0.2, 0.25) is 5.95 Å². The topological polar surface area (TPSA) is 87.7 Å². The predicted octanol–water partition coefficient (Wildman–Crippen LogP) is 1.01. The number of ether oxygens (including phenoxy) is 1. The van der Waals surface area contributed by atoms with Crippen molar-refractivity contribution in [2.45, 2.75) is 13.0 Å². The average Bonchev–Trinajstić information content (AvgIpc) is 2.74. The Morgan fingerprint density at radius 3 is 2.30 bits per heavy atom. The fourth-order valence-corrected chi connectivity index (χ4v) is 2.94. The molecule has 1 atom stereocenters. The molecule has 0 bridgehead atoms. The largest absolute Gasteiger partial charge is 0.497 e. The van der Waals surface area contributed by atoms with Crippen molar-refractivity contribution in [3.05, 3.63) is 48.3 Å². The van der Waals surface area contributed by atoms with Crippen LogP contribution in [0.15, 0.2) is 42.7 Å². The number of carbonyl (C=O) groups is 2. The van der Waals surface area contributed by atoms with E-state index in [0.717, 1.165) is 11.3 Å². The zero-order valence-corrected chi connectivity index (χ0v) is 15.5. The van der Waals surface area contributed by atoms with Gasteiger partial charge in [0.1, 0.15) is 5.75 Å². The molecular weight excluding hydrogens is 346 g/mol. The Balaban J connectivity index is 1.52. The molecule has 2 heterocycles. The highest BCUT2D eigenvalue weighted by molar-refractivity contribution is 6.35. The maximum Gasteiger partial charge on any atom is 0.312 e. The summed E-state index contributed by atoms with van der Waals surface area (Å²) < 4.78 is 5.13. The van der Waals surface area contributed by atoms with Crippen molar-refractivity contribution >= 4 is 17.8 Å². The summed E-state index contributed by atoms with van der Waals surface area (Å²) in [5.41, 5.74) is 0.906. The lowest BCUT2D eigenvalue weighted by Gasteiger charge is -2.34. The van der Waals surface area contributed by atoms with Gasteiger partial charge in [-0.15, -0.1) is 0 Å². The molecule has 0 spiro atoms. The molecule has 0 radical (unpaired) electrons. The molecule has 1 aliphatic heterocycles. The van der Waals surface area contributed by atoms with Crippen LogP contribution >= 0.6 is 0 Å². The highest BCUT2D eigenvalue weighted by atomic mass is 16.5. The van der Waals surface area contributed by atoms with E-state index in [1.54, 1.807) is 30.5 Å². The van der Waals surface area contributed by atoms with Crippen LogP contribution in [0.5, 0.6) is 5.75 Å². The molecule has 1 unspecified atom stereocenters. The number of nitrogens with zero attached hydrogens (tertiary/aromatic N) is 4. The van der Waals surface area contributed by atoms with Gasteiger partial charge in [-0.05, 0) is 30.7 Å². The van der Waals surface area contributed by atoms with Crippen LogP contribution in [0.25, 0.3) is 0 Å². The summed E-state index contributed by atoms with van der Waals surface area (Å²) in [4.78, 5) is 36.8. The monoisotopic (exact) mass is 369 g/mol. The first-order valence-corrected chi connectivity index (χ1v) is 8.84. The predicted molar refractivity (Wildman–Crippen MR) is 100 cm³/mol. The van der Waals surface area contributed by atoms with E-state index in [9.17, 15) is 9.59 Å². The first kappa shape index (κ1) is 18.6. The molecule has 1 saturated heterocycles. The van der Waals surface area contributed by atoms with E-state index in [1.807, 2.05) is 36.1 Å². The number of piperazine rings is 1. The summed E-state index contributed by atoms with van der Waals surface area (Å²) in [6.07, 6.45) is 3.38. The molecule has 8 nitrogen and oxygen atoms in total. The third-order valence-electron chi connectivity index (χ3n) is 4.56. The Kier molecular flexibility index (Phi) is 5.85. The number of rotatable bonds is 4. The molecule has 0 aliphatic carbocycles. The van der Waals surface area contributed by atoms with Gasteiger partial charge in [0, 0.05) is 38.6 Å². The van der Waals surface area contributed by atoms with Crippen molar-refractivity contribution in [3.8, 4) is 5.75 Å². The number of amides is 2. The van der Waals surface area contributed by atoms with E-state index in [0.29, 0.717) is 32.1 Å². The third kappa shape index (κ3) is 4.52. The molecule has 1 fully saturated rings. The first-order valence-electron chi connectivity index (χ1n) is 8.84. The van der Waals surface area contributed by atoms with Crippen LogP contribution in [0.2, 0.25) is 0 Å². The summed E-state index contributed by atoms with van der Waals surface area (Å²) in [6.45, 7) is 3.95. The third-order valence-corrected chi connectivity index (χ3v) is 4.56. The number of anilines is 1. The Morgan fingerprint density at radius 2 is 1.70 bits per heavy atom. The van der Waals surface area contributed by atoms with Gasteiger partial charge in [-0.1, -0.05) is 12.1 Å². The van der Waals surface area contributed by atoms with Crippen molar-refractivity contribution in [3.63, 3.8) is 0 Å². The van der Waals surface area contributed by atoms with E-state index in [4.69, 9.17) is 4.74 Å². The second-order valence-electron chi connectivity index (χ2n) is 6.30. The molecular formula is C19H23N5O3. The summed E-state index contributed by atoms with van der Waals surface area (Å²) in [7, 11) is 1.60. The smallest absolute Gasteiger partial charge is 0.312 e. The average molecular weight is 369 g/mol. The van der Waals surface area contributed by atoms with Crippen LogP contribution in [-0.2, 0) is 9.59 Å². The maximum atomic E-state index is 12.5. The zero-order chi connectivity index (χ0) is 19.2. The Bertz CT molecular complexity index is 774. The molecule has 142 valence electrons. The molecule has 27 heavy (non-hydrogen) atoms. The van der Waals surface area contributed by atoms with Crippen LogP contribution in [0.4, 0.5) is 5.95 Å². The van der Waals surface area contributed by atoms with Crippen LogP contribution in [0, 0.1) is 0 Å². The number of nitrogens with one attached hydrogen (secondary N) is 1. The quantitative estimate of drug-likeness (QED) is 0.810. The number of methoxy groups -OCH3 is 1. The molecule has 2 aromatic rings. The number of carbonyl (C=O) groups excluding carboxylic acids is 2. The highest BCUT2D eigenvalue weighted by Crippen LogP contribution is 2.17. The van der Waals surface area contributed by atoms with Gasteiger partial charge in [0.25, 0.3) is 0 Å². The number of benzene rings is 1. The van der Waals surface area contributed by atoms with Gasteiger partial charge in [-0.25, -0.2) is 9.97 Å². The molecule has 0 saturated carbocycles.